The Morgan fingerprint density at radius 3 is 2.86 bits per heavy atom. The second kappa shape index (κ2) is 6.07. The summed E-state index contributed by atoms with van der Waals surface area (Å²) in [5, 5.41) is 3.02. The average Bonchev–Trinajstić information content (AvgIpc) is 2.92. The molecule has 1 aliphatic carbocycles. The van der Waals surface area contributed by atoms with Gasteiger partial charge in [-0.2, -0.15) is 0 Å². The highest BCUT2D eigenvalue weighted by molar-refractivity contribution is 5.87. The second-order valence-corrected chi connectivity index (χ2v) is 6.13. The first-order valence-electron chi connectivity index (χ1n) is 7.93. The lowest BCUT2D eigenvalue weighted by Crippen LogP contribution is -2.51. The Hall–Kier alpha value is -1.91. The molecule has 0 spiro atoms. The number of fused-ring (bicyclic) bond motifs is 1. The van der Waals surface area contributed by atoms with Crippen LogP contribution in [0.4, 0.5) is 4.39 Å². The van der Waals surface area contributed by atoms with Gasteiger partial charge in [0.2, 0.25) is 11.8 Å². The maximum absolute atomic E-state index is 13.8. The maximum atomic E-state index is 13.8. The Labute approximate surface area is 129 Å². The minimum atomic E-state index is -0.385. The van der Waals surface area contributed by atoms with Crippen LogP contribution in [0.1, 0.15) is 49.8 Å². The van der Waals surface area contributed by atoms with Crippen molar-refractivity contribution < 1.29 is 14.0 Å². The van der Waals surface area contributed by atoms with E-state index in [1.807, 2.05) is 6.07 Å². The minimum absolute atomic E-state index is 0.0577. The van der Waals surface area contributed by atoms with Crippen LogP contribution in [0.15, 0.2) is 18.2 Å². The molecule has 0 aromatic heterocycles. The number of nitrogens with one attached hydrogen (secondary N) is 1. The smallest absolute Gasteiger partial charge is 0.243 e. The third kappa shape index (κ3) is 2.72. The van der Waals surface area contributed by atoms with Crippen LogP contribution in [-0.4, -0.2) is 29.3 Å². The van der Waals surface area contributed by atoms with E-state index < -0.39 is 0 Å². The molecule has 1 saturated heterocycles. The Balaban J connectivity index is 1.73. The van der Waals surface area contributed by atoms with E-state index in [4.69, 9.17) is 0 Å². The van der Waals surface area contributed by atoms with Gasteiger partial charge in [0.15, 0.2) is 0 Å². The van der Waals surface area contributed by atoms with Gasteiger partial charge in [0.05, 0.1) is 6.04 Å². The van der Waals surface area contributed by atoms with Crippen molar-refractivity contribution in [2.75, 3.05) is 6.54 Å². The Morgan fingerprint density at radius 1 is 1.27 bits per heavy atom. The van der Waals surface area contributed by atoms with Gasteiger partial charge in [-0.15, -0.1) is 0 Å². The zero-order valence-corrected chi connectivity index (χ0v) is 12.8. The van der Waals surface area contributed by atoms with Crippen LogP contribution in [0, 0.1) is 5.82 Å². The number of nitrogens with zero attached hydrogens (tertiary/aromatic N) is 1. The molecule has 4 nitrogen and oxygen atoms in total. The molecule has 1 N–H and O–H groups in total. The molecule has 0 bridgehead atoms. The van der Waals surface area contributed by atoms with Crippen molar-refractivity contribution in [1.82, 2.24) is 10.2 Å². The fourth-order valence-electron chi connectivity index (χ4n) is 3.61. The summed E-state index contributed by atoms with van der Waals surface area (Å²) in [4.78, 5) is 25.9. The van der Waals surface area contributed by atoms with E-state index in [9.17, 15) is 14.0 Å². The van der Waals surface area contributed by atoms with E-state index in [0.717, 1.165) is 24.8 Å². The average molecular weight is 304 g/mol. The molecule has 118 valence electrons. The molecule has 22 heavy (non-hydrogen) atoms. The molecule has 1 aromatic carbocycles. The summed E-state index contributed by atoms with van der Waals surface area (Å²) in [6, 6.07) is 4.49. The third-order valence-corrected chi connectivity index (χ3v) is 4.74. The van der Waals surface area contributed by atoms with Gasteiger partial charge in [-0.05, 0) is 49.3 Å². The van der Waals surface area contributed by atoms with Gasteiger partial charge in [0.25, 0.3) is 0 Å². The summed E-state index contributed by atoms with van der Waals surface area (Å²) in [7, 11) is 0. The van der Waals surface area contributed by atoms with Crippen molar-refractivity contribution in [3.63, 3.8) is 0 Å². The van der Waals surface area contributed by atoms with E-state index in [1.165, 1.54) is 13.0 Å². The lowest BCUT2D eigenvalue weighted by molar-refractivity contribution is -0.141. The Kier molecular flexibility index (Phi) is 4.14. The van der Waals surface area contributed by atoms with Crippen molar-refractivity contribution in [3.8, 4) is 0 Å². The predicted octanol–water partition coefficient (Wildman–Crippen LogP) is 2.33. The summed E-state index contributed by atoms with van der Waals surface area (Å²) in [5.74, 6) is -0.369. The van der Waals surface area contributed by atoms with E-state index in [-0.39, 0.29) is 29.7 Å². The summed E-state index contributed by atoms with van der Waals surface area (Å²) < 4.78 is 13.8. The van der Waals surface area contributed by atoms with E-state index in [2.05, 4.69) is 5.32 Å². The number of benzene rings is 1. The number of hydrogen-bond donors (Lipinski definition) is 1. The number of likely N-dealkylation sites (tertiary alicyclic amines) is 1. The molecule has 2 atom stereocenters. The van der Waals surface area contributed by atoms with Crippen molar-refractivity contribution in [1.29, 1.82) is 0 Å². The number of carbonyl (C=O) groups excluding carboxylic acids is 2. The first kappa shape index (κ1) is 15.0. The number of hydrogen-bond acceptors (Lipinski definition) is 2. The fraction of sp³-hybridized carbons (Fsp3) is 0.529. The topological polar surface area (TPSA) is 49.4 Å². The first-order chi connectivity index (χ1) is 10.6. The molecular formula is C17H21FN2O2. The fourth-order valence-corrected chi connectivity index (χ4v) is 3.61. The molecule has 2 amide bonds. The van der Waals surface area contributed by atoms with E-state index >= 15 is 0 Å². The molecular weight excluding hydrogens is 283 g/mol. The van der Waals surface area contributed by atoms with Crippen molar-refractivity contribution in [2.45, 2.75) is 51.1 Å². The third-order valence-electron chi connectivity index (χ3n) is 4.74. The highest BCUT2D eigenvalue weighted by Crippen LogP contribution is 2.33. The largest absolute Gasteiger partial charge is 0.347 e. The molecule has 2 aliphatic rings. The van der Waals surface area contributed by atoms with Crippen LogP contribution in [0.2, 0.25) is 0 Å². The monoisotopic (exact) mass is 304 g/mol. The Morgan fingerprint density at radius 2 is 2.09 bits per heavy atom. The van der Waals surface area contributed by atoms with Gasteiger partial charge in [0, 0.05) is 13.5 Å². The summed E-state index contributed by atoms with van der Waals surface area (Å²) in [5.41, 5.74) is 1.58. The standard InChI is InChI=1S/C17H21FN2O2/c1-11(21)20-10-3-2-7-16(20)17(22)19-15-9-8-12-13(15)5-4-6-14(12)18/h4-6,15-16H,2-3,7-10H2,1H3,(H,19,22)/t15-,16+/m0/s1. The SMILES string of the molecule is CC(=O)N1CCCC[C@@H]1C(=O)N[C@H]1CCc2c(F)cccc21. The lowest BCUT2D eigenvalue weighted by Gasteiger charge is -2.34. The van der Waals surface area contributed by atoms with Gasteiger partial charge in [-0.1, -0.05) is 12.1 Å². The molecule has 0 saturated carbocycles. The number of piperidine rings is 1. The highest BCUT2D eigenvalue weighted by Gasteiger charge is 2.33. The molecule has 0 radical (unpaired) electrons. The second-order valence-electron chi connectivity index (χ2n) is 6.13. The van der Waals surface area contributed by atoms with Crippen molar-refractivity contribution in [2.24, 2.45) is 0 Å². The van der Waals surface area contributed by atoms with Crippen LogP contribution in [-0.2, 0) is 16.0 Å². The normalized spacial score (nSPS) is 24.0. The van der Waals surface area contributed by atoms with Crippen LogP contribution in [0.3, 0.4) is 0 Å². The zero-order chi connectivity index (χ0) is 15.7. The summed E-state index contributed by atoms with van der Waals surface area (Å²) >= 11 is 0. The summed E-state index contributed by atoms with van der Waals surface area (Å²) in [6.45, 7) is 2.15. The van der Waals surface area contributed by atoms with Crippen LogP contribution in [0.5, 0.6) is 0 Å². The molecule has 1 aliphatic heterocycles. The van der Waals surface area contributed by atoms with Crippen molar-refractivity contribution >= 4 is 11.8 Å². The predicted molar refractivity (Wildman–Crippen MR) is 80.6 cm³/mol. The van der Waals surface area contributed by atoms with Gasteiger partial charge >= 0.3 is 0 Å². The quantitative estimate of drug-likeness (QED) is 0.911. The van der Waals surface area contributed by atoms with Crippen LogP contribution >= 0.6 is 0 Å². The molecule has 1 aromatic rings. The first-order valence-corrected chi connectivity index (χ1v) is 7.93. The van der Waals surface area contributed by atoms with E-state index in [0.29, 0.717) is 24.9 Å². The highest BCUT2D eigenvalue weighted by atomic mass is 19.1. The van der Waals surface area contributed by atoms with Gasteiger partial charge in [-0.3, -0.25) is 9.59 Å². The van der Waals surface area contributed by atoms with Crippen LogP contribution < -0.4 is 5.32 Å². The molecule has 1 fully saturated rings. The molecule has 3 rings (SSSR count). The zero-order valence-electron chi connectivity index (χ0n) is 12.8. The van der Waals surface area contributed by atoms with Gasteiger partial charge < -0.3 is 10.2 Å². The van der Waals surface area contributed by atoms with Crippen LogP contribution in [0.25, 0.3) is 0 Å². The van der Waals surface area contributed by atoms with Gasteiger partial charge in [-0.25, -0.2) is 4.39 Å². The van der Waals surface area contributed by atoms with Crippen molar-refractivity contribution in [3.05, 3.63) is 35.1 Å². The molecule has 1 heterocycles. The molecule has 5 heteroatoms. The molecule has 0 unspecified atom stereocenters. The number of halogens is 1. The maximum Gasteiger partial charge on any atom is 0.243 e. The van der Waals surface area contributed by atoms with E-state index in [1.54, 1.807) is 11.0 Å². The lowest BCUT2D eigenvalue weighted by atomic mass is 10.0. The number of rotatable bonds is 2. The Bertz CT molecular complexity index is 602. The minimum Gasteiger partial charge on any atom is -0.347 e. The summed E-state index contributed by atoms with van der Waals surface area (Å²) in [6.07, 6.45) is 3.97. The van der Waals surface area contributed by atoms with Gasteiger partial charge in [0.1, 0.15) is 11.9 Å². The number of carbonyl (C=O) groups is 2. The number of amides is 2.